The summed E-state index contributed by atoms with van der Waals surface area (Å²) in [7, 11) is 0. The number of nitrogens with one attached hydrogen (secondary N) is 4. The first kappa shape index (κ1) is 38.5. The molecule has 4 unspecified atom stereocenters. The van der Waals surface area contributed by atoms with Crippen LogP contribution in [0.1, 0.15) is 77.6 Å². The molecule has 15 nitrogen and oxygen atoms in total. The summed E-state index contributed by atoms with van der Waals surface area (Å²) in [6.07, 6.45) is 5.13. The van der Waals surface area contributed by atoms with Gasteiger partial charge in [0.15, 0.2) is 0 Å². The zero-order valence-corrected chi connectivity index (χ0v) is 28.2. The number of hydrogen-bond acceptors (Lipinski definition) is 11. The number of thioether (sulfide) groups is 1. The van der Waals surface area contributed by atoms with E-state index in [4.69, 9.17) is 19.0 Å². The van der Waals surface area contributed by atoms with Crippen LogP contribution in [-0.4, -0.2) is 117 Å². The molecule has 3 aliphatic heterocycles. The van der Waals surface area contributed by atoms with Crippen LogP contribution >= 0.6 is 11.8 Å². The summed E-state index contributed by atoms with van der Waals surface area (Å²) in [5.74, 6) is -0.742. The van der Waals surface area contributed by atoms with Crippen LogP contribution in [0.25, 0.3) is 0 Å². The average Bonchev–Trinajstić information content (AvgIpc) is 3.70. The summed E-state index contributed by atoms with van der Waals surface area (Å²) in [6, 6.07) is 0.389. The molecule has 16 heteroatoms. The van der Waals surface area contributed by atoms with E-state index in [-0.39, 0.29) is 68.0 Å². The maximum Gasteiger partial charge on any atom is 0.333 e. The summed E-state index contributed by atoms with van der Waals surface area (Å²) in [4.78, 5) is 74.9. The number of urea groups is 1. The molecule has 4 N–H and O–H groups in total. The van der Waals surface area contributed by atoms with Gasteiger partial charge in [-0.05, 0) is 32.1 Å². The Morgan fingerprint density at radius 3 is 2.13 bits per heavy atom. The lowest BCUT2D eigenvalue weighted by Crippen LogP contribution is -2.36. The maximum atomic E-state index is 12.1. The Morgan fingerprint density at radius 1 is 0.809 bits per heavy atom. The maximum absolute atomic E-state index is 12.1. The molecule has 3 heterocycles. The van der Waals surface area contributed by atoms with Gasteiger partial charge in [-0.25, -0.2) is 9.59 Å². The van der Waals surface area contributed by atoms with Crippen LogP contribution in [0, 0.1) is 5.92 Å². The van der Waals surface area contributed by atoms with Gasteiger partial charge in [0.1, 0.15) is 0 Å². The molecule has 0 bridgehead atoms. The Balaban J connectivity index is 1.01. The van der Waals surface area contributed by atoms with Crippen molar-refractivity contribution in [3.05, 3.63) is 0 Å². The zero-order valence-electron chi connectivity index (χ0n) is 27.4. The van der Waals surface area contributed by atoms with Gasteiger partial charge < -0.3 is 40.3 Å². The van der Waals surface area contributed by atoms with E-state index in [9.17, 15) is 28.8 Å². The van der Waals surface area contributed by atoms with E-state index >= 15 is 0 Å². The first-order valence-corrected chi connectivity index (χ1v) is 17.8. The molecule has 4 atom stereocenters. The molecular weight excluding hydrogens is 634 g/mol. The Labute approximate surface area is 280 Å². The third kappa shape index (κ3) is 15.2. The summed E-state index contributed by atoms with van der Waals surface area (Å²) in [5.41, 5.74) is 0. The van der Waals surface area contributed by atoms with Crippen molar-refractivity contribution in [1.29, 1.82) is 0 Å². The van der Waals surface area contributed by atoms with Crippen molar-refractivity contribution in [3.8, 4) is 0 Å². The highest BCUT2D eigenvalue weighted by molar-refractivity contribution is 8.00. The first-order chi connectivity index (χ1) is 22.7. The van der Waals surface area contributed by atoms with Gasteiger partial charge in [-0.2, -0.15) is 11.8 Å². The van der Waals surface area contributed by atoms with Gasteiger partial charge in [-0.1, -0.05) is 13.3 Å². The summed E-state index contributed by atoms with van der Waals surface area (Å²) < 4.78 is 16.9. The topological polar surface area (TPSA) is 191 Å². The number of hydrogen-bond donors (Lipinski definition) is 4. The Hall–Kier alpha value is -2.95. The number of nitrogens with zero attached hydrogens (tertiary/aromatic N) is 1. The molecule has 47 heavy (non-hydrogen) atoms. The average molecular weight is 686 g/mol. The van der Waals surface area contributed by atoms with Crippen LogP contribution in [-0.2, 0) is 43.0 Å². The molecule has 0 spiro atoms. The molecule has 0 aromatic heterocycles. The van der Waals surface area contributed by atoms with Gasteiger partial charge in [-0.15, -0.1) is 5.06 Å². The second-order valence-electron chi connectivity index (χ2n) is 12.0. The van der Waals surface area contributed by atoms with Gasteiger partial charge in [-0.3, -0.25) is 19.2 Å². The van der Waals surface area contributed by atoms with Crippen LogP contribution < -0.4 is 21.3 Å². The van der Waals surface area contributed by atoms with E-state index < -0.39 is 17.8 Å². The fraction of sp³-hybridized carbons (Fsp3) is 0.806. The third-order valence-corrected chi connectivity index (χ3v) is 9.32. The summed E-state index contributed by atoms with van der Waals surface area (Å²) in [6.45, 7) is 6.16. The molecular formula is C31H51N5O10S. The smallest absolute Gasteiger partial charge is 0.333 e. The van der Waals surface area contributed by atoms with Gasteiger partial charge in [0.2, 0.25) is 11.8 Å². The predicted molar refractivity (Wildman–Crippen MR) is 172 cm³/mol. The molecule has 0 aromatic carbocycles. The number of carbonyl (C=O) groups is 6. The second-order valence-corrected chi connectivity index (χ2v) is 13.3. The number of fused-ring (bicyclic) bond motifs is 1. The predicted octanol–water partition coefficient (Wildman–Crippen LogP) is 1.19. The Kier molecular flexibility index (Phi) is 17.9. The van der Waals surface area contributed by atoms with E-state index in [1.54, 1.807) is 0 Å². The number of ether oxygens (including phenoxy) is 3. The molecule has 0 aromatic rings. The Morgan fingerprint density at radius 2 is 1.43 bits per heavy atom. The lowest BCUT2D eigenvalue weighted by atomic mass is 10.0. The highest BCUT2D eigenvalue weighted by Gasteiger charge is 2.42. The number of carbonyl (C=O) groups excluding carboxylic acids is 6. The molecule has 0 saturated carbocycles. The van der Waals surface area contributed by atoms with Crippen LogP contribution in [0.4, 0.5) is 4.79 Å². The van der Waals surface area contributed by atoms with Crippen LogP contribution in [0.2, 0.25) is 0 Å². The fourth-order valence-electron chi connectivity index (χ4n) is 5.29. The lowest BCUT2D eigenvalue weighted by Gasteiger charge is -2.16. The molecule has 3 fully saturated rings. The van der Waals surface area contributed by atoms with E-state index in [0.717, 1.165) is 31.4 Å². The van der Waals surface area contributed by atoms with Crippen molar-refractivity contribution in [2.75, 3.05) is 58.5 Å². The molecule has 0 aliphatic carbocycles. The van der Waals surface area contributed by atoms with Crippen LogP contribution in [0.5, 0.6) is 0 Å². The van der Waals surface area contributed by atoms with Crippen LogP contribution in [0.15, 0.2) is 0 Å². The van der Waals surface area contributed by atoms with E-state index in [2.05, 4.69) is 21.3 Å². The van der Waals surface area contributed by atoms with Crippen LogP contribution in [0.3, 0.4) is 0 Å². The van der Waals surface area contributed by atoms with Crippen molar-refractivity contribution in [3.63, 3.8) is 0 Å². The highest BCUT2D eigenvalue weighted by Crippen LogP contribution is 2.33. The number of rotatable bonds is 25. The minimum absolute atomic E-state index is 0.0403. The van der Waals surface area contributed by atoms with E-state index in [0.29, 0.717) is 75.9 Å². The van der Waals surface area contributed by atoms with Crippen molar-refractivity contribution >= 4 is 47.4 Å². The standard InChI is InChI=1S/C31H51N5O10S/c1-22(19-44-16-6-14-33-26(38)9-4-10-29(41)46-36-27(39)11-12-28(36)40)20-45-18-17-43-15-5-13-32-25(37)8-3-2-7-24-30-23(21-47-24)34-31(42)35-30/h22-24,30H,2-21H2,1H3,(H,32,37)(H,33,38)(H2,34,35,42). The fourth-order valence-corrected chi connectivity index (χ4v) is 6.83. The summed E-state index contributed by atoms with van der Waals surface area (Å²) >= 11 is 1.90. The minimum Gasteiger partial charge on any atom is -0.381 e. The number of imide groups is 1. The van der Waals surface area contributed by atoms with Crippen molar-refractivity contribution in [2.45, 2.75) is 94.9 Å². The monoisotopic (exact) mass is 685 g/mol. The van der Waals surface area contributed by atoms with Gasteiger partial charge in [0.05, 0.1) is 38.5 Å². The van der Waals surface area contributed by atoms with E-state index in [1.807, 2.05) is 18.7 Å². The van der Waals surface area contributed by atoms with Gasteiger partial charge >= 0.3 is 12.0 Å². The molecule has 3 rings (SSSR count). The van der Waals surface area contributed by atoms with Gasteiger partial charge in [0, 0.05) is 75.3 Å². The molecule has 0 radical (unpaired) electrons. The minimum atomic E-state index is -0.714. The highest BCUT2D eigenvalue weighted by atomic mass is 32.2. The lowest BCUT2D eigenvalue weighted by molar-refractivity contribution is -0.197. The Bertz CT molecular complexity index is 1030. The van der Waals surface area contributed by atoms with Crippen molar-refractivity contribution in [2.24, 2.45) is 5.92 Å². The molecule has 6 amide bonds. The number of unbranched alkanes of at least 4 members (excludes halogenated alkanes) is 1. The van der Waals surface area contributed by atoms with Crippen molar-refractivity contribution in [1.82, 2.24) is 26.3 Å². The summed E-state index contributed by atoms with van der Waals surface area (Å²) in [5, 5.41) is 12.6. The molecule has 266 valence electrons. The normalized spacial score (nSPS) is 20.9. The molecule has 3 saturated heterocycles. The third-order valence-electron chi connectivity index (χ3n) is 7.82. The second kappa shape index (κ2) is 21.8. The number of amides is 6. The largest absolute Gasteiger partial charge is 0.381 e. The number of hydroxylamine groups is 2. The van der Waals surface area contributed by atoms with Gasteiger partial charge in [0.25, 0.3) is 11.8 Å². The SMILES string of the molecule is CC(COCCCNC(=O)CCCC(=O)ON1C(=O)CCC1=O)COCCOCCCNC(=O)CCCCC1SCC2NC(=O)NC21. The first-order valence-electron chi connectivity index (χ1n) is 16.7. The van der Waals surface area contributed by atoms with E-state index in [1.165, 1.54) is 0 Å². The van der Waals surface area contributed by atoms with Crippen molar-refractivity contribution < 1.29 is 47.8 Å². The quantitative estimate of drug-likeness (QED) is 0.0614. The molecule has 3 aliphatic rings. The zero-order chi connectivity index (χ0) is 33.9.